The summed E-state index contributed by atoms with van der Waals surface area (Å²) in [6, 6.07) is 14.5. The van der Waals surface area contributed by atoms with Gasteiger partial charge in [0.1, 0.15) is 11.5 Å². The fourth-order valence-corrected chi connectivity index (χ4v) is 3.60. The molecule has 1 atom stereocenters. The van der Waals surface area contributed by atoms with Gasteiger partial charge in [0.05, 0.1) is 0 Å². The average molecular weight is 379 g/mol. The van der Waals surface area contributed by atoms with Gasteiger partial charge in [-0.1, -0.05) is 85.7 Å². The SMILES string of the molecule is C=C(Cc1c(C(C)C)cc(Oc2ccccc2)cc1C(C)C)C(C)C(C)(C)C. The summed E-state index contributed by atoms with van der Waals surface area (Å²) in [5, 5.41) is 0. The van der Waals surface area contributed by atoms with E-state index >= 15 is 0 Å². The third-order valence-electron chi connectivity index (χ3n) is 5.83. The predicted molar refractivity (Wildman–Crippen MR) is 123 cm³/mol. The Labute approximate surface area is 172 Å². The first-order chi connectivity index (χ1) is 13.0. The molecule has 0 spiro atoms. The number of allylic oxidation sites excluding steroid dienone is 1. The van der Waals surface area contributed by atoms with Gasteiger partial charge in [-0.3, -0.25) is 0 Å². The smallest absolute Gasteiger partial charge is 0.128 e. The Morgan fingerprint density at radius 1 is 0.857 bits per heavy atom. The maximum Gasteiger partial charge on any atom is 0.128 e. The Kier molecular flexibility index (Phi) is 7.15. The highest BCUT2D eigenvalue weighted by atomic mass is 16.5. The zero-order valence-corrected chi connectivity index (χ0v) is 19.1. The van der Waals surface area contributed by atoms with Crippen LogP contribution in [0.4, 0.5) is 0 Å². The molecule has 0 saturated heterocycles. The minimum absolute atomic E-state index is 0.226. The van der Waals surface area contributed by atoms with Crippen molar-refractivity contribution >= 4 is 0 Å². The van der Waals surface area contributed by atoms with E-state index in [1.165, 1.54) is 22.3 Å². The molecule has 0 aliphatic rings. The fraction of sp³-hybridized carbons (Fsp3) is 0.481. The first-order valence-electron chi connectivity index (χ1n) is 10.6. The summed E-state index contributed by atoms with van der Waals surface area (Å²) in [7, 11) is 0. The second kappa shape index (κ2) is 8.99. The summed E-state index contributed by atoms with van der Waals surface area (Å²) in [6.45, 7) is 22.8. The molecular weight excluding hydrogens is 340 g/mol. The highest BCUT2D eigenvalue weighted by molar-refractivity contribution is 5.48. The summed E-state index contributed by atoms with van der Waals surface area (Å²) in [5.41, 5.74) is 5.72. The Bertz CT molecular complexity index is 762. The summed E-state index contributed by atoms with van der Waals surface area (Å²) in [5.74, 6) is 3.14. The van der Waals surface area contributed by atoms with Crippen LogP contribution in [0, 0.1) is 11.3 Å². The van der Waals surface area contributed by atoms with Gasteiger partial charge in [-0.25, -0.2) is 0 Å². The molecule has 1 unspecified atom stereocenters. The first-order valence-corrected chi connectivity index (χ1v) is 10.6. The molecule has 0 fully saturated rings. The maximum absolute atomic E-state index is 6.20. The number of benzene rings is 2. The van der Waals surface area contributed by atoms with Gasteiger partial charge in [0.25, 0.3) is 0 Å². The minimum Gasteiger partial charge on any atom is -0.457 e. The van der Waals surface area contributed by atoms with Crippen LogP contribution in [0.15, 0.2) is 54.6 Å². The van der Waals surface area contributed by atoms with E-state index in [1.54, 1.807) is 0 Å². The van der Waals surface area contributed by atoms with E-state index in [0.29, 0.717) is 17.8 Å². The summed E-state index contributed by atoms with van der Waals surface area (Å²) < 4.78 is 6.20. The van der Waals surface area contributed by atoms with Gasteiger partial charge in [0.2, 0.25) is 0 Å². The molecule has 0 heterocycles. The second-order valence-corrected chi connectivity index (χ2v) is 9.73. The van der Waals surface area contributed by atoms with Gasteiger partial charge in [-0.05, 0) is 70.5 Å². The van der Waals surface area contributed by atoms with Crippen LogP contribution in [0.3, 0.4) is 0 Å². The number of rotatable bonds is 7. The molecule has 0 aliphatic carbocycles. The lowest BCUT2D eigenvalue weighted by atomic mass is 9.75. The molecule has 0 aromatic heterocycles. The molecule has 1 nitrogen and oxygen atoms in total. The molecule has 0 N–H and O–H groups in total. The van der Waals surface area contributed by atoms with Crippen molar-refractivity contribution in [3.8, 4) is 11.5 Å². The summed E-state index contributed by atoms with van der Waals surface area (Å²) >= 11 is 0. The topological polar surface area (TPSA) is 9.23 Å². The molecule has 152 valence electrons. The minimum atomic E-state index is 0.226. The van der Waals surface area contributed by atoms with Crippen LogP contribution in [-0.2, 0) is 6.42 Å². The van der Waals surface area contributed by atoms with E-state index in [2.05, 4.69) is 74.1 Å². The van der Waals surface area contributed by atoms with Gasteiger partial charge in [0.15, 0.2) is 0 Å². The fourth-order valence-electron chi connectivity index (χ4n) is 3.60. The van der Waals surface area contributed by atoms with E-state index < -0.39 is 0 Å². The van der Waals surface area contributed by atoms with Crippen LogP contribution in [-0.4, -0.2) is 0 Å². The Balaban J connectivity index is 2.47. The van der Waals surface area contributed by atoms with Crippen LogP contribution in [0.5, 0.6) is 11.5 Å². The molecule has 2 aromatic carbocycles. The van der Waals surface area contributed by atoms with Crippen molar-refractivity contribution in [3.05, 3.63) is 71.3 Å². The van der Waals surface area contributed by atoms with E-state index in [4.69, 9.17) is 4.74 Å². The van der Waals surface area contributed by atoms with Gasteiger partial charge < -0.3 is 4.74 Å². The molecule has 0 saturated carbocycles. The molecule has 2 rings (SSSR count). The quantitative estimate of drug-likeness (QED) is 0.439. The number of hydrogen-bond donors (Lipinski definition) is 0. The van der Waals surface area contributed by atoms with Crippen LogP contribution in [0.25, 0.3) is 0 Å². The third kappa shape index (κ3) is 5.50. The summed E-state index contributed by atoms with van der Waals surface area (Å²) in [4.78, 5) is 0. The van der Waals surface area contributed by atoms with E-state index in [-0.39, 0.29) is 5.41 Å². The van der Waals surface area contributed by atoms with Crippen molar-refractivity contribution in [3.63, 3.8) is 0 Å². The van der Waals surface area contributed by atoms with Crippen molar-refractivity contribution in [2.24, 2.45) is 11.3 Å². The van der Waals surface area contributed by atoms with Gasteiger partial charge in [-0.15, -0.1) is 0 Å². The average Bonchev–Trinajstić information content (AvgIpc) is 2.61. The van der Waals surface area contributed by atoms with Crippen molar-refractivity contribution in [1.82, 2.24) is 0 Å². The van der Waals surface area contributed by atoms with Crippen LogP contribution in [0.1, 0.15) is 83.9 Å². The van der Waals surface area contributed by atoms with Crippen LogP contribution < -0.4 is 4.74 Å². The van der Waals surface area contributed by atoms with Gasteiger partial charge in [0, 0.05) is 0 Å². The normalized spacial score (nSPS) is 13.1. The van der Waals surface area contributed by atoms with E-state index in [1.807, 2.05) is 30.3 Å². The maximum atomic E-state index is 6.20. The Hall–Kier alpha value is -2.02. The third-order valence-corrected chi connectivity index (χ3v) is 5.83. The number of para-hydroxylation sites is 1. The summed E-state index contributed by atoms with van der Waals surface area (Å²) in [6.07, 6.45) is 0.936. The molecule has 0 aliphatic heterocycles. The number of ether oxygens (including phenoxy) is 1. The molecule has 0 bridgehead atoms. The largest absolute Gasteiger partial charge is 0.457 e. The molecule has 2 aromatic rings. The van der Waals surface area contributed by atoms with Gasteiger partial charge in [-0.2, -0.15) is 0 Å². The molecular formula is C27H38O. The van der Waals surface area contributed by atoms with Crippen molar-refractivity contribution < 1.29 is 4.74 Å². The lowest BCUT2D eigenvalue weighted by Crippen LogP contribution is -2.20. The molecule has 0 radical (unpaired) electrons. The van der Waals surface area contributed by atoms with Crippen molar-refractivity contribution in [1.29, 1.82) is 0 Å². The van der Waals surface area contributed by atoms with Crippen molar-refractivity contribution in [2.45, 2.75) is 73.6 Å². The molecule has 1 heteroatoms. The van der Waals surface area contributed by atoms with E-state index in [0.717, 1.165) is 17.9 Å². The Morgan fingerprint density at radius 3 is 1.79 bits per heavy atom. The zero-order chi connectivity index (χ0) is 21.1. The van der Waals surface area contributed by atoms with Crippen LogP contribution in [0.2, 0.25) is 0 Å². The van der Waals surface area contributed by atoms with E-state index in [9.17, 15) is 0 Å². The lowest BCUT2D eigenvalue weighted by molar-refractivity contribution is 0.297. The second-order valence-electron chi connectivity index (χ2n) is 9.73. The Morgan fingerprint density at radius 2 is 1.36 bits per heavy atom. The lowest BCUT2D eigenvalue weighted by Gasteiger charge is -2.31. The van der Waals surface area contributed by atoms with Crippen LogP contribution >= 0.6 is 0 Å². The van der Waals surface area contributed by atoms with Crippen molar-refractivity contribution in [2.75, 3.05) is 0 Å². The predicted octanol–water partition coefficient (Wildman–Crippen LogP) is 8.51. The highest BCUT2D eigenvalue weighted by Crippen LogP contribution is 2.38. The highest BCUT2D eigenvalue weighted by Gasteiger charge is 2.25. The standard InChI is InChI=1S/C27H38O/c1-18(2)24-16-23(28-22-13-11-10-12-14-22)17-25(19(3)4)26(24)15-20(5)21(6)27(7,8)9/h10-14,16-19,21H,5,15H2,1-4,6-9H3. The van der Waals surface area contributed by atoms with Gasteiger partial charge >= 0.3 is 0 Å². The first kappa shape index (κ1) is 22.3. The number of hydrogen-bond acceptors (Lipinski definition) is 1. The molecule has 0 amide bonds. The zero-order valence-electron chi connectivity index (χ0n) is 19.1. The molecule has 28 heavy (non-hydrogen) atoms. The monoisotopic (exact) mass is 378 g/mol.